The van der Waals surface area contributed by atoms with Crippen LogP contribution >= 0.6 is 48.2 Å². The molecule has 1 aromatic heterocycles. The molecule has 3 N–H and O–H groups in total. The van der Waals surface area contributed by atoms with Gasteiger partial charge in [-0.05, 0) is 80.9 Å². The maximum Gasteiger partial charge on any atom is 0.119 e. The van der Waals surface area contributed by atoms with Crippen molar-refractivity contribution < 1.29 is 14.9 Å². The van der Waals surface area contributed by atoms with Gasteiger partial charge in [-0.2, -0.15) is 11.8 Å². The molecule has 0 amide bonds. The summed E-state index contributed by atoms with van der Waals surface area (Å²) in [6.45, 7) is 1.08. The number of nitrogens with one attached hydrogen (secondary N) is 1. The number of aromatic nitrogens is 1. The third-order valence-corrected chi connectivity index (χ3v) is 9.29. The van der Waals surface area contributed by atoms with Crippen molar-refractivity contribution in [1.82, 2.24) is 10.3 Å². The maximum absolute atomic E-state index is 11.2. The monoisotopic (exact) mass is 564 g/mol. The molecule has 2 fully saturated rings. The Hall–Kier alpha value is -0.470. The van der Waals surface area contributed by atoms with Crippen LogP contribution in [0.3, 0.4) is 0 Å². The summed E-state index contributed by atoms with van der Waals surface area (Å²) in [6.07, 6.45) is 10.8. The third kappa shape index (κ3) is 7.76. The Labute approximate surface area is 231 Å². The largest absolute Gasteiger partial charge is 0.497 e. The molecule has 1 aliphatic carbocycles. The second-order valence-electron chi connectivity index (χ2n) is 9.79. The van der Waals surface area contributed by atoms with Crippen molar-refractivity contribution in [2.24, 2.45) is 5.41 Å². The van der Waals surface area contributed by atoms with Gasteiger partial charge in [0.05, 0.1) is 23.8 Å². The van der Waals surface area contributed by atoms with Gasteiger partial charge in [0.1, 0.15) is 5.75 Å². The average molecular weight is 566 g/mol. The van der Waals surface area contributed by atoms with Gasteiger partial charge in [0.15, 0.2) is 0 Å². The summed E-state index contributed by atoms with van der Waals surface area (Å²) in [5.74, 6) is 1.90. The Morgan fingerprint density at radius 1 is 1.29 bits per heavy atom. The lowest BCUT2D eigenvalue weighted by atomic mass is 9.72. The number of benzene rings is 1. The molecule has 2 aliphatic rings. The number of aliphatic hydroxyl groups excluding tert-OH is 2. The fourth-order valence-corrected chi connectivity index (χ4v) is 7.24. The van der Waals surface area contributed by atoms with E-state index < -0.39 is 6.10 Å². The van der Waals surface area contributed by atoms with Gasteiger partial charge in [-0.15, -0.1) is 24.8 Å². The molecule has 1 aliphatic heterocycles. The molecule has 3 unspecified atom stereocenters. The average Bonchev–Trinajstić information content (AvgIpc) is 3.36. The Bertz CT molecular complexity index is 932. The molecule has 0 bridgehead atoms. The minimum absolute atomic E-state index is 0. The number of hydrogen-bond acceptors (Lipinski definition) is 6. The van der Waals surface area contributed by atoms with Gasteiger partial charge in [0.2, 0.25) is 0 Å². The van der Waals surface area contributed by atoms with Gasteiger partial charge in [-0.3, -0.25) is 4.98 Å². The fraction of sp³-hybridized carbons (Fsp3) is 0.654. The first-order valence-corrected chi connectivity index (χ1v) is 13.7. The zero-order valence-corrected chi connectivity index (χ0v) is 23.6. The van der Waals surface area contributed by atoms with Crippen LogP contribution in [0.5, 0.6) is 5.75 Å². The van der Waals surface area contributed by atoms with E-state index in [0.717, 1.165) is 48.4 Å². The molecule has 2 heterocycles. The second-order valence-corrected chi connectivity index (χ2v) is 11.6. The highest BCUT2D eigenvalue weighted by Gasteiger charge is 2.36. The highest BCUT2D eigenvalue weighted by Crippen LogP contribution is 2.41. The molecule has 4 rings (SSSR count). The van der Waals surface area contributed by atoms with Crippen molar-refractivity contribution >= 4 is 59.1 Å². The Morgan fingerprint density at radius 2 is 2.06 bits per heavy atom. The van der Waals surface area contributed by atoms with Gasteiger partial charge in [0, 0.05) is 35.0 Å². The molecule has 2 aromatic rings. The van der Waals surface area contributed by atoms with E-state index in [9.17, 15) is 10.2 Å². The van der Waals surface area contributed by atoms with Crippen LogP contribution in [0.1, 0.15) is 69.5 Å². The number of aliphatic hydroxyl groups is 2. The van der Waals surface area contributed by atoms with Crippen molar-refractivity contribution in [2.75, 3.05) is 26.0 Å². The number of pyridine rings is 1. The summed E-state index contributed by atoms with van der Waals surface area (Å²) < 4.78 is 5.37. The Morgan fingerprint density at radius 3 is 2.77 bits per heavy atom. The van der Waals surface area contributed by atoms with Crippen LogP contribution in [0, 0.1) is 5.41 Å². The fourth-order valence-electron chi connectivity index (χ4n) is 5.54. The molecule has 3 atom stereocenters. The molecule has 1 aromatic carbocycles. The van der Waals surface area contributed by atoms with E-state index in [4.69, 9.17) is 16.3 Å². The molecule has 0 spiro atoms. The number of methoxy groups -OCH3 is 1. The number of fused-ring (bicyclic) bond motifs is 1. The van der Waals surface area contributed by atoms with Gasteiger partial charge >= 0.3 is 0 Å². The number of piperidine rings is 1. The number of hydrogen-bond donors (Lipinski definition) is 3. The van der Waals surface area contributed by atoms with Gasteiger partial charge in [-0.1, -0.05) is 24.4 Å². The van der Waals surface area contributed by atoms with Crippen molar-refractivity contribution in [3.63, 3.8) is 0 Å². The highest BCUT2D eigenvalue weighted by atomic mass is 35.5. The van der Waals surface area contributed by atoms with E-state index in [0.29, 0.717) is 28.8 Å². The Kier molecular flexibility index (Phi) is 12.7. The smallest absolute Gasteiger partial charge is 0.119 e. The van der Waals surface area contributed by atoms with Crippen molar-refractivity contribution in [2.45, 2.75) is 75.2 Å². The summed E-state index contributed by atoms with van der Waals surface area (Å²) in [6, 6.07) is 6.07. The summed E-state index contributed by atoms with van der Waals surface area (Å²) in [5.41, 5.74) is 1.34. The summed E-state index contributed by atoms with van der Waals surface area (Å²) >= 11 is 8.63. The predicted octanol–water partition coefficient (Wildman–Crippen LogP) is 6.35. The topological polar surface area (TPSA) is 74.6 Å². The SMILES string of the molecule is COc1ccc2ncc(Cl)c(C(O)CCC3(CO)CCNC(CCSC4CCCC4)C3)c2c1.Cl.Cl. The minimum atomic E-state index is -0.718. The molecule has 1 saturated carbocycles. The van der Waals surface area contributed by atoms with Gasteiger partial charge < -0.3 is 20.3 Å². The molecule has 0 radical (unpaired) electrons. The number of rotatable bonds is 10. The van der Waals surface area contributed by atoms with Crippen LogP contribution in [0.15, 0.2) is 24.4 Å². The van der Waals surface area contributed by atoms with Gasteiger partial charge in [-0.25, -0.2) is 0 Å². The van der Waals surface area contributed by atoms with Crippen LogP contribution in [0.25, 0.3) is 10.9 Å². The molecule has 198 valence electrons. The predicted molar refractivity (Wildman–Crippen MR) is 152 cm³/mol. The van der Waals surface area contributed by atoms with Gasteiger partial charge in [0.25, 0.3) is 0 Å². The lowest BCUT2D eigenvalue weighted by Gasteiger charge is -2.41. The molecule has 35 heavy (non-hydrogen) atoms. The molecular weight excluding hydrogens is 527 g/mol. The van der Waals surface area contributed by atoms with Crippen LogP contribution in [-0.4, -0.2) is 52.5 Å². The lowest BCUT2D eigenvalue weighted by molar-refractivity contribution is 0.0434. The van der Waals surface area contributed by atoms with Crippen LogP contribution < -0.4 is 10.1 Å². The van der Waals surface area contributed by atoms with E-state index in [1.54, 1.807) is 13.3 Å². The van der Waals surface area contributed by atoms with Crippen LogP contribution in [-0.2, 0) is 0 Å². The summed E-state index contributed by atoms with van der Waals surface area (Å²) in [5, 5.41) is 27.4. The quantitative estimate of drug-likeness (QED) is 0.312. The normalized spacial score (nSPS) is 23.5. The number of thioether (sulfide) groups is 1. The lowest BCUT2D eigenvalue weighted by Crippen LogP contribution is -2.46. The third-order valence-electron chi connectivity index (χ3n) is 7.57. The number of halogens is 3. The van der Waals surface area contributed by atoms with E-state index in [2.05, 4.69) is 22.1 Å². The minimum Gasteiger partial charge on any atom is -0.497 e. The summed E-state index contributed by atoms with van der Waals surface area (Å²) in [7, 11) is 1.63. The van der Waals surface area contributed by atoms with E-state index in [-0.39, 0.29) is 36.8 Å². The van der Waals surface area contributed by atoms with Crippen molar-refractivity contribution in [3.8, 4) is 5.75 Å². The summed E-state index contributed by atoms with van der Waals surface area (Å²) in [4.78, 5) is 4.40. The zero-order valence-electron chi connectivity index (χ0n) is 20.4. The first kappa shape index (κ1) is 30.8. The van der Waals surface area contributed by atoms with Crippen molar-refractivity contribution in [1.29, 1.82) is 0 Å². The van der Waals surface area contributed by atoms with Crippen LogP contribution in [0.2, 0.25) is 5.02 Å². The molecular formula is C26H39Cl3N2O3S. The number of nitrogens with zero attached hydrogens (tertiary/aromatic N) is 1. The second kappa shape index (κ2) is 14.5. The van der Waals surface area contributed by atoms with Crippen LogP contribution in [0.4, 0.5) is 0 Å². The first-order chi connectivity index (χ1) is 16.0. The molecule has 1 saturated heterocycles. The Balaban J connectivity index is 0.00000216. The molecule has 5 nitrogen and oxygen atoms in total. The maximum atomic E-state index is 11.2. The van der Waals surface area contributed by atoms with E-state index >= 15 is 0 Å². The first-order valence-electron chi connectivity index (χ1n) is 12.3. The standard InChI is InChI=1S/C26H37ClN2O3S.2ClH/c1-32-19-6-7-23-21(14-19)25(22(27)16-29-23)24(31)8-10-26(17-30)11-12-28-18(15-26)9-13-33-20-4-2-3-5-20;;/h6-7,14,16,18,20,24,28,30-31H,2-5,8-13,15,17H2,1H3;2*1H. The van der Waals surface area contributed by atoms with Crippen molar-refractivity contribution in [3.05, 3.63) is 35.0 Å². The number of ether oxygens (including phenoxy) is 1. The zero-order chi connectivity index (χ0) is 23.3. The molecule has 9 heteroatoms. The van der Waals surface area contributed by atoms with E-state index in [1.807, 2.05) is 18.2 Å². The van der Waals surface area contributed by atoms with E-state index in [1.165, 1.54) is 31.4 Å². The highest BCUT2D eigenvalue weighted by molar-refractivity contribution is 7.99.